The fraction of sp³-hybridized carbons (Fsp3) is 0.320. The van der Waals surface area contributed by atoms with E-state index in [0.717, 1.165) is 17.7 Å². The third-order valence-corrected chi connectivity index (χ3v) is 7.33. The number of aromatic nitrogens is 4. The molecule has 36 heavy (non-hydrogen) atoms. The van der Waals surface area contributed by atoms with Crippen LogP contribution in [-0.2, 0) is 21.6 Å². The SMILES string of the molecule is CC(SC1COC(C=CC=Cc2ccc(Cl)nc2)OC1)C(O)(Cn1cncn1)c1ccc(F)cc1F. The van der Waals surface area contributed by atoms with Gasteiger partial charge in [-0.1, -0.05) is 48.9 Å². The van der Waals surface area contributed by atoms with Crippen LogP contribution >= 0.6 is 23.4 Å². The third kappa shape index (κ3) is 6.77. The highest BCUT2D eigenvalue weighted by Crippen LogP contribution is 2.38. The van der Waals surface area contributed by atoms with Crippen molar-refractivity contribution in [2.24, 2.45) is 0 Å². The number of halogens is 3. The van der Waals surface area contributed by atoms with Gasteiger partial charge < -0.3 is 14.6 Å². The van der Waals surface area contributed by atoms with Crippen LogP contribution in [0.1, 0.15) is 18.1 Å². The second kappa shape index (κ2) is 12.1. The summed E-state index contributed by atoms with van der Waals surface area (Å²) in [5, 5.41) is 15.5. The maximum atomic E-state index is 14.7. The van der Waals surface area contributed by atoms with Gasteiger partial charge in [0, 0.05) is 23.1 Å². The molecule has 3 aromatic rings. The number of hydrogen-bond donors (Lipinski definition) is 1. The molecule has 1 fully saturated rings. The Bertz CT molecular complexity index is 1190. The van der Waals surface area contributed by atoms with Gasteiger partial charge in [0.15, 0.2) is 6.29 Å². The molecule has 0 spiro atoms. The van der Waals surface area contributed by atoms with E-state index in [0.29, 0.717) is 18.4 Å². The molecule has 0 saturated carbocycles. The first-order valence-corrected chi connectivity index (χ1v) is 12.5. The summed E-state index contributed by atoms with van der Waals surface area (Å²) in [4.78, 5) is 7.91. The molecular formula is C25H25ClF2N4O3S. The third-order valence-electron chi connectivity index (χ3n) is 5.65. The Labute approximate surface area is 216 Å². The molecular weight excluding hydrogens is 510 g/mol. The van der Waals surface area contributed by atoms with E-state index >= 15 is 0 Å². The maximum absolute atomic E-state index is 14.7. The van der Waals surface area contributed by atoms with E-state index in [1.165, 1.54) is 35.2 Å². The Hall–Kier alpha value is -2.63. The van der Waals surface area contributed by atoms with E-state index in [1.807, 2.05) is 24.3 Å². The number of thioether (sulfide) groups is 1. The van der Waals surface area contributed by atoms with E-state index in [2.05, 4.69) is 15.1 Å². The molecule has 7 nitrogen and oxygen atoms in total. The van der Waals surface area contributed by atoms with Crippen molar-refractivity contribution < 1.29 is 23.4 Å². The minimum Gasteiger partial charge on any atom is -0.382 e. The summed E-state index contributed by atoms with van der Waals surface area (Å²) < 4.78 is 41.3. The molecule has 3 heterocycles. The van der Waals surface area contributed by atoms with Crippen molar-refractivity contribution >= 4 is 29.4 Å². The van der Waals surface area contributed by atoms with Gasteiger partial charge in [0.1, 0.15) is 35.0 Å². The lowest BCUT2D eigenvalue weighted by atomic mass is 9.90. The van der Waals surface area contributed by atoms with Crippen LogP contribution in [0.2, 0.25) is 5.15 Å². The quantitative estimate of drug-likeness (QED) is 0.317. The van der Waals surface area contributed by atoms with E-state index < -0.39 is 28.8 Å². The Balaban J connectivity index is 1.36. The number of rotatable bonds is 9. The van der Waals surface area contributed by atoms with Crippen molar-refractivity contribution in [2.75, 3.05) is 13.2 Å². The summed E-state index contributed by atoms with van der Waals surface area (Å²) >= 11 is 7.19. The van der Waals surface area contributed by atoms with Crippen LogP contribution in [0, 0.1) is 11.6 Å². The predicted octanol–water partition coefficient (Wildman–Crippen LogP) is 4.63. The highest BCUT2D eigenvalue weighted by atomic mass is 35.5. The first-order valence-electron chi connectivity index (χ1n) is 11.2. The average molecular weight is 535 g/mol. The van der Waals surface area contributed by atoms with Crippen LogP contribution in [0.4, 0.5) is 8.78 Å². The zero-order chi connectivity index (χ0) is 25.5. The molecule has 1 aliphatic rings. The Morgan fingerprint density at radius 1 is 1.25 bits per heavy atom. The lowest BCUT2D eigenvalue weighted by Crippen LogP contribution is -2.43. The van der Waals surface area contributed by atoms with Crippen molar-refractivity contribution in [3.8, 4) is 0 Å². The molecule has 11 heteroatoms. The second-order valence-electron chi connectivity index (χ2n) is 8.24. The fourth-order valence-electron chi connectivity index (χ4n) is 3.73. The van der Waals surface area contributed by atoms with Gasteiger partial charge in [0.2, 0.25) is 0 Å². The number of pyridine rings is 1. The predicted molar refractivity (Wildman–Crippen MR) is 134 cm³/mol. The molecule has 0 amide bonds. The van der Waals surface area contributed by atoms with Gasteiger partial charge in [-0.25, -0.2) is 23.4 Å². The first-order chi connectivity index (χ1) is 17.3. The Morgan fingerprint density at radius 2 is 2.06 bits per heavy atom. The number of nitrogens with zero attached hydrogens (tertiary/aromatic N) is 4. The van der Waals surface area contributed by atoms with Crippen LogP contribution in [0.25, 0.3) is 6.08 Å². The highest BCUT2D eigenvalue weighted by molar-refractivity contribution is 8.00. The van der Waals surface area contributed by atoms with Crippen molar-refractivity contribution in [3.05, 3.63) is 95.3 Å². The summed E-state index contributed by atoms with van der Waals surface area (Å²) in [6, 6.07) is 6.73. The molecule has 1 aromatic carbocycles. The molecule has 190 valence electrons. The van der Waals surface area contributed by atoms with E-state index in [1.54, 1.807) is 25.3 Å². The molecule has 1 N–H and O–H groups in total. The zero-order valence-corrected chi connectivity index (χ0v) is 20.9. The van der Waals surface area contributed by atoms with Crippen molar-refractivity contribution in [3.63, 3.8) is 0 Å². The molecule has 2 unspecified atom stereocenters. The second-order valence-corrected chi connectivity index (χ2v) is 10.3. The van der Waals surface area contributed by atoms with Gasteiger partial charge in [-0.15, -0.1) is 11.8 Å². The first kappa shape index (κ1) is 26.4. The number of ether oxygens (including phenoxy) is 2. The summed E-state index contributed by atoms with van der Waals surface area (Å²) in [6.45, 7) is 2.48. The smallest absolute Gasteiger partial charge is 0.177 e. The van der Waals surface area contributed by atoms with Crippen molar-refractivity contribution in [1.82, 2.24) is 19.7 Å². The molecule has 0 aliphatic carbocycles. The van der Waals surface area contributed by atoms with Crippen LogP contribution in [0.3, 0.4) is 0 Å². The lowest BCUT2D eigenvalue weighted by molar-refractivity contribution is -0.146. The van der Waals surface area contributed by atoms with E-state index in [9.17, 15) is 13.9 Å². The monoisotopic (exact) mass is 534 g/mol. The van der Waals surface area contributed by atoms with Gasteiger partial charge >= 0.3 is 0 Å². The minimum atomic E-state index is -1.69. The summed E-state index contributed by atoms with van der Waals surface area (Å²) in [5.74, 6) is -1.54. The summed E-state index contributed by atoms with van der Waals surface area (Å²) in [6.07, 6.45) is 11.3. The largest absolute Gasteiger partial charge is 0.382 e. The van der Waals surface area contributed by atoms with Crippen LogP contribution in [0.15, 0.2) is 67.4 Å². The topological polar surface area (TPSA) is 82.3 Å². The molecule has 4 rings (SSSR count). The van der Waals surface area contributed by atoms with Gasteiger partial charge in [-0.05, 0) is 23.8 Å². The molecule has 1 saturated heterocycles. The maximum Gasteiger partial charge on any atom is 0.177 e. The van der Waals surface area contributed by atoms with Gasteiger partial charge in [0.25, 0.3) is 0 Å². The number of allylic oxidation sites excluding steroid dienone is 2. The average Bonchev–Trinajstić information content (AvgIpc) is 3.36. The summed E-state index contributed by atoms with van der Waals surface area (Å²) in [7, 11) is 0. The Kier molecular flexibility index (Phi) is 8.86. The number of hydrogen-bond acceptors (Lipinski definition) is 7. The van der Waals surface area contributed by atoms with E-state index in [-0.39, 0.29) is 17.4 Å². The zero-order valence-electron chi connectivity index (χ0n) is 19.4. The number of aliphatic hydroxyl groups is 1. The molecule has 0 radical (unpaired) electrons. The molecule has 1 aliphatic heterocycles. The summed E-state index contributed by atoms with van der Waals surface area (Å²) in [5.41, 5.74) is -0.787. The minimum absolute atomic E-state index is 0.0134. The molecule has 0 bridgehead atoms. The van der Waals surface area contributed by atoms with Gasteiger partial charge in [-0.2, -0.15) is 5.10 Å². The normalized spacial score (nSPS) is 21.1. The molecule has 2 aromatic heterocycles. The van der Waals surface area contributed by atoms with Crippen molar-refractivity contribution in [2.45, 2.75) is 35.9 Å². The van der Waals surface area contributed by atoms with Gasteiger partial charge in [-0.3, -0.25) is 0 Å². The highest BCUT2D eigenvalue weighted by Gasteiger charge is 2.41. The van der Waals surface area contributed by atoms with Gasteiger partial charge in [0.05, 0.1) is 25.0 Å². The van der Waals surface area contributed by atoms with Crippen LogP contribution in [-0.4, -0.2) is 54.9 Å². The Morgan fingerprint density at radius 3 is 2.72 bits per heavy atom. The molecule has 2 atom stereocenters. The van der Waals surface area contributed by atoms with Crippen LogP contribution < -0.4 is 0 Å². The lowest BCUT2D eigenvalue weighted by Gasteiger charge is -2.37. The number of benzene rings is 1. The fourth-order valence-corrected chi connectivity index (χ4v) is 5.16. The standard InChI is InChI=1S/C25H25ClF2N4O3S/c1-17(25(33,14-32-16-29-15-31-32)21-8-7-19(27)10-22(21)28)36-20-12-34-24(35-13-20)5-3-2-4-18-6-9-23(26)30-11-18/h2-11,15-17,20,24,33H,12-14H2,1H3. The van der Waals surface area contributed by atoms with Crippen LogP contribution in [0.5, 0.6) is 0 Å². The van der Waals surface area contributed by atoms with Crippen molar-refractivity contribution in [1.29, 1.82) is 0 Å². The van der Waals surface area contributed by atoms with E-state index in [4.69, 9.17) is 21.1 Å².